The molecule has 0 unspecified atom stereocenters. The van der Waals surface area contributed by atoms with E-state index in [-0.39, 0.29) is 23.3 Å². The predicted octanol–water partition coefficient (Wildman–Crippen LogP) is 6.59. The van der Waals surface area contributed by atoms with E-state index in [4.69, 9.17) is 0 Å². The number of carbonyl (C=O) groups is 3. The van der Waals surface area contributed by atoms with E-state index in [0.29, 0.717) is 16.9 Å². The van der Waals surface area contributed by atoms with Gasteiger partial charge in [0, 0.05) is 20.6 Å². The highest BCUT2D eigenvalue weighted by Crippen LogP contribution is 2.24. The van der Waals surface area contributed by atoms with E-state index in [9.17, 15) is 14.4 Å². The molecule has 4 aromatic carbocycles. The summed E-state index contributed by atoms with van der Waals surface area (Å²) < 4.78 is 0.807. The molecule has 4 aromatic rings. The van der Waals surface area contributed by atoms with Crippen LogP contribution in [0, 0.1) is 0 Å². The number of rotatable bonds is 9. The summed E-state index contributed by atoms with van der Waals surface area (Å²) in [6, 6.07) is 32.6. The Balaban J connectivity index is 1.43. The lowest BCUT2D eigenvalue weighted by atomic mass is 10.1. The van der Waals surface area contributed by atoms with Gasteiger partial charge in [-0.3, -0.25) is 14.4 Å². The number of hydrogen-bond donors (Lipinski definition) is 3. The number of nitrogens with one attached hydrogen (secondary N) is 3. The van der Waals surface area contributed by atoms with Gasteiger partial charge in [0.05, 0.1) is 11.4 Å². The summed E-state index contributed by atoms with van der Waals surface area (Å²) >= 11 is 4.77. The molecule has 190 valence electrons. The Morgan fingerprint density at radius 3 is 2.18 bits per heavy atom. The average Bonchev–Trinajstić information content (AvgIpc) is 2.94. The third-order valence-corrected chi connectivity index (χ3v) is 6.93. The van der Waals surface area contributed by atoms with E-state index in [1.807, 2.05) is 66.7 Å². The zero-order chi connectivity index (χ0) is 26.7. The van der Waals surface area contributed by atoms with Crippen LogP contribution in [0.4, 0.5) is 11.4 Å². The minimum absolute atomic E-state index is 0.107. The highest BCUT2D eigenvalue weighted by Gasteiger charge is 2.15. The molecule has 0 spiro atoms. The number of para-hydroxylation sites is 1. The quantitative estimate of drug-likeness (QED) is 0.153. The summed E-state index contributed by atoms with van der Waals surface area (Å²) in [6.45, 7) is 0. The largest absolute Gasteiger partial charge is 0.324 e. The summed E-state index contributed by atoms with van der Waals surface area (Å²) in [5.74, 6) is -0.798. The zero-order valence-corrected chi connectivity index (χ0v) is 22.6. The lowest BCUT2D eigenvalue weighted by Crippen LogP contribution is -2.30. The number of anilines is 2. The van der Waals surface area contributed by atoms with Crippen LogP contribution in [0.1, 0.15) is 15.9 Å². The van der Waals surface area contributed by atoms with Crippen molar-refractivity contribution in [2.45, 2.75) is 4.90 Å². The molecule has 0 aromatic heterocycles. The molecule has 0 atom stereocenters. The highest BCUT2D eigenvalue weighted by molar-refractivity contribution is 9.10. The standard InChI is InChI=1S/C30H24BrN3O3S/c31-25-16-7-8-17-26(25)33-28(35)20-38-24-15-9-14-23(19-24)32-30(37)27(18-21-10-3-1-4-11-21)34-29(36)22-12-5-2-6-13-22/h1-19H,20H2,(H,32,37)(H,33,35)(H,34,36)/b27-18-. The van der Waals surface area contributed by atoms with Gasteiger partial charge in [0.2, 0.25) is 5.91 Å². The Morgan fingerprint density at radius 2 is 1.45 bits per heavy atom. The van der Waals surface area contributed by atoms with Crippen LogP contribution in [-0.2, 0) is 9.59 Å². The van der Waals surface area contributed by atoms with Gasteiger partial charge in [0.15, 0.2) is 0 Å². The molecule has 0 aliphatic heterocycles. The molecule has 3 amide bonds. The molecule has 4 rings (SSSR count). The van der Waals surface area contributed by atoms with Crippen molar-refractivity contribution in [1.29, 1.82) is 0 Å². The van der Waals surface area contributed by atoms with Crippen LogP contribution >= 0.6 is 27.7 Å². The number of benzene rings is 4. The Hall–Kier alpha value is -4.14. The topological polar surface area (TPSA) is 87.3 Å². The lowest BCUT2D eigenvalue weighted by molar-refractivity contribution is -0.114. The zero-order valence-electron chi connectivity index (χ0n) is 20.2. The van der Waals surface area contributed by atoms with E-state index in [0.717, 1.165) is 14.9 Å². The van der Waals surface area contributed by atoms with Crippen LogP contribution in [0.25, 0.3) is 6.08 Å². The van der Waals surface area contributed by atoms with Gasteiger partial charge in [0.25, 0.3) is 11.8 Å². The fourth-order valence-electron chi connectivity index (χ4n) is 3.42. The minimum Gasteiger partial charge on any atom is -0.324 e. The van der Waals surface area contributed by atoms with Crippen molar-refractivity contribution in [3.63, 3.8) is 0 Å². The normalized spacial score (nSPS) is 10.9. The molecular weight excluding hydrogens is 562 g/mol. The molecule has 8 heteroatoms. The number of halogens is 1. The average molecular weight is 587 g/mol. The maximum atomic E-state index is 13.2. The fourth-order valence-corrected chi connectivity index (χ4v) is 4.56. The Bertz CT molecular complexity index is 1460. The Morgan fingerprint density at radius 1 is 0.763 bits per heavy atom. The van der Waals surface area contributed by atoms with Crippen LogP contribution < -0.4 is 16.0 Å². The summed E-state index contributed by atoms with van der Waals surface area (Å²) in [4.78, 5) is 39.2. The van der Waals surface area contributed by atoms with Crippen molar-refractivity contribution in [2.24, 2.45) is 0 Å². The van der Waals surface area contributed by atoms with E-state index in [2.05, 4.69) is 31.9 Å². The number of carbonyl (C=O) groups excluding carboxylic acids is 3. The summed E-state index contributed by atoms with van der Waals surface area (Å²) in [5, 5.41) is 8.46. The van der Waals surface area contributed by atoms with Crippen molar-refractivity contribution in [3.8, 4) is 0 Å². The molecule has 0 radical (unpaired) electrons. The molecule has 0 aliphatic rings. The number of thioether (sulfide) groups is 1. The van der Waals surface area contributed by atoms with Gasteiger partial charge in [-0.15, -0.1) is 11.8 Å². The lowest BCUT2D eigenvalue weighted by Gasteiger charge is -2.12. The molecule has 0 saturated heterocycles. The van der Waals surface area contributed by atoms with Crippen LogP contribution in [0.5, 0.6) is 0 Å². The molecule has 6 nitrogen and oxygen atoms in total. The van der Waals surface area contributed by atoms with Gasteiger partial charge in [-0.1, -0.05) is 66.7 Å². The maximum Gasteiger partial charge on any atom is 0.272 e. The minimum atomic E-state index is -0.466. The summed E-state index contributed by atoms with van der Waals surface area (Å²) in [6.07, 6.45) is 1.63. The third-order valence-electron chi connectivity index (χ3n) is 5.25. The first-order valence-electron chi connectivity index (χ1n) is 11.7. The van der Waals surface area contributed by atoms with Gasteiger partial charge in [-0.25, -0.2) is 0 Å². The molecule has 38 heavy (non-hydrogen) atoms. The van der Waals surface area contributed by atoms with Crippen molar-refractivity contribution in [3.05, 3.63) is 130 Å². The molecule has 0 aliphatic carbocycles. The Labute approximate surface area is 233 Å². The molecular formula is C30H24BrN3O3S. The van der Waals surface area contributed by atoms with E-state index in [1.54, 1.807) is 48.5 Å². The first-order valence-corrected chi connectivity index (χ1v) is 13.5. The molecule has 0 saturated carbocycles. The first-order chi connectivity index (χ1) is 18.5. The second-order valence-electron chi connectivity index (χ2n) is 8.09. The van der Waals surface area contributed by atoms with Gasteiger partial charge in [-0.05, 0) is 70.0 Å². The highest BCUT2D eigenvalue weighted by atomic mass is 79.9. The van der Waals surface area contributed by atoms with Crippen molar-refractivity contribution >= 4 is 62.9 Å². The molecule has 0 fully saturated rings. The van der Waals surface area contributed by atoms with E-state index in [1.165, 1.54) is 11.8 Å². The van der Waals surface area contributed by atoms with Gasteiger partial charge in [0.1, 0.15) is 5.70 Å². The SMILES string of the molecule is O=C(CSc1cccc(NC(=O)/C(=C/c2ccccc2)NC(=O)c2ccccc2)c1)Nc1ccccc1Br. The first kappa shape index (κ1) is 26.9. The Kier molecular flexibility index (Phi) is 9.50. The second kappa shape index (κ2) is 13.4. The maximum absolute atomic E-state index is 13.2. The van der Waals surface area contributed by atoms with E-state index < -0.39 is 5.91 Å². The predicted molar refractivity (Wildman–Crippen MR) is 157 cm³/mol. The van der Waals surface area contributed by atoms with Crippen molar-refractivity contribution in [2.75, 3.05) is 16.4 Å². The van der Waals surface area contributed by atoms with Crippen LogP contribution in [0.15, 0.2) is 124 Å². The van der Waals surface area contributed by atoms with Crippen molar-refractivity contribution < 1.29 is 14.4 Å². The third kappa shape index (κ3) is 7.93. The van der Waals surface area contributed by atoms with Crippen LogP contribution in [0.2, 0.25) is 0 Å². The van der Waals surface area contributed by atoms with E-state index >= 15 is 0 Å². The second-order valence-corrected chi connectivity index (χ2v) is 9.99. The molecule has 3 N–H and O–H groups in total. The van der Waals surface area contributed by atoms with Gasteiger partial charge in [-0.2, -0.15) is 0 Å². The monoisotopic (exact) mass is 585 g/mol. The van der Waals surface area contributed by atoms with Gasteiger partial charge >= 0.3 is 0 Å². The summed E-state index contributed by atoms with van der Waals surface area (Å²) in [7, 11) is 0. The molecule has 0 heterocycles. The van der Waals surface area contributed by atoms with Crippen LogP contribution in [0.3, 0.4) is 0 Å². The van der Waals surface area contributed by atoms with Gasteiger partial charge < -0.3 is 16.0 Å². The fraction of sp³-hybridized carbons (Fsp3) is 0.0333. The molecule has 0 bridgehead atoms. The number of amides is 3. The van der Waals surface area contributed by atoms with Crippen LogP contribution in [-0.4, -0.2) is 23.5 Å². The number of hydrogen-bond acceptors (Lipinski definition) is 4. The smallest absolute Gasteiger partial charge is 0.272 e. The van der Waals surface area contributed by atoms with Crippen molar-refractivity contribution in [1.82, 2.24) is 5.32 Å². The summed E-state index contributed by atoms with van der Waals surface area (Å²) in [5.41, 5.74) is 2.56.